The Morgan fingerprint density at radius 2 is 1.53 bits per heavy atom. The number of hydrogen-bond acceptors (Lipinski definition) is 6. The number of hydrogen-bond donors (Lipinski definition) is 1. The minimum Gasteiger partial charge on any atom is -0.497 e. The van der Waals surface area contributed by atoms with Crippen molar-refractivity contribution in [2.45, 2.75) is 39.8 Å². The molecule has 1 N–H and O–H groups in total. The van der Waals surface area contributed by atoms with Crippen LogP contribution in [0.25, 0.3) is 0 Å². The lowest BCUT2D eigenvalue weighted by atomic mass is 10.1. The molecule has 2 aromatic carbocycles. The zero-order chi connectivity index (χ0) is 25.1. The average Bonchev–Trinajstić information content (AvgIpc) is 2.85. The quantitative estimate of drug-likeness (QED) is 0.479. The third kappa shape index (κ3) is 7.86. The van der Waals surface area contributed by atoms with Gasteiger partial charge in [-0.2, -0.15) is 0 Å². The topological polar surface area (TPSA) is 86.3 Å². The van der Waals surface area contributed by atoms with Crippen LogP contribution in [-0.4, -0.2) is 57.2 Å². The molecule has 8 nitrogen and oxygen atoms in total. The molecule has 0 saturated heterocycles. The van der Waals surface area contributed by atoms with Crippen molar-refractivity contribution in [2.24, 2.45) is 5.92 Å². The number of carbonyl (C=O) groups excluding carboxylic acids is 2. The van der Waals surface area contributed by atoms with Gasteiger partial charge in [0.05, 0.1) is 21.3 Å². The summed E-state index contributed by atoms with van der Waals surface area (Å²) in [4.78, 5) is 27.9. The maximum absolute atomic E-state index is 13.4. The third-order valence-corrected chi connectivity index (χ3v) is 5.24. The van der Waals surface area contributed by atoms with E-state index in [0.717, 1.165) is 5.56 Å². The van der Waals surface area contributed by atoms with Gasteiger partial charge in [-0.05, 0) is 30.0 Å². The Balaban J connectivity index is 2.26. The molecule has 2 amide bonds. The summed E-state index contributed by atoms with van der Waals surface area (Å²) in [7, 11) is 4.68. The fraction of sp³-hybridized carbons (Fsp3) is 0.462. The number of methoxy groups -OCH3 is 3. The Labute approximate surface area is 202 Å². The molecule has 0 spiro atoms. The summed E-state index contributed by atoms with van der Waals surface area (Å²) >= 11 is 0. The number of nitrogens with zero attached hydrogens (tertiary/aromatic N) is 1. The molecule has 34 heavy (non-hydrogen) atoms. The summed E-state index contributed by atoms with van der Waals surface area (Å²) in [6, 6.07) is 11.9. The van der Waals surface area contributed by atoms with Crippen LogP contribution in [-0.2, 0) is 16.1 Å². The van der Waals surface area contributed by atoms with Crippen molar-refractivity contribution in [3.8, 4) is 23.0 Å². The van der Waals surface area contributed by atoms with Gasteiger partial charge in [0.25, 0.3) is 5.91 Å². The molecule has 0 aliphatic rings. The number of nitrogens with one attached hydrogen (secondary N) is 1. The van der Waals surface area contributed by atoms with Crippen LogP contribution < -0.4 is 24.3 Å². The van der Waals surface area contributed by atoms with Crippen molar-refractivity contribution >= 4 is 11.8 Å². The largest absolute Gasteiger partial charge is 0.497 e. The maximum atomic E-state index is 13.4. The normalized spacial score (nSPS) is 11.5. The molecule has 186 valence electrons. The number of benzene rings is 2. The van der Waals surface area contributed by atoms with Gasteiger partial charge < -0.3 is 29.2 Å². The van der Waals surface area contributed by atoms with E-state index in [1.807, 2.05) is 45.0 Å². The minimum absolute atomic E-state index is 0.185. The van der Waals surface area contributed by atoms with Crippen molar-refractivity contribution in [1.82, 2.24) is 10.2 Å². The first-order chi connectivity index (χ1) is 16.3. The van der Waals surface area contributed by atoms with Crippen molar-refractivity contribution in [3.05, 3.63) is 48.0 Å². The van der Waals surface area contributed by atoms with Crippen LogP contribution in [0.15, 0.2) is 42.5 Å². The lowest BCUT2D eigenvalue weighted by Crippen LogP contribution is -2.50. The monoisotopic (exact) mass is 472 g/mol. The fourth-order valence-corrected chi connectivity index (χ4v) is 3.40. The third-order valence-electron chi connectivity index (χ3n) is 5.24. The van der Waals surface area contributed by atoms with E-state index in [1.54, 1.807) is 44.4 Å². The Hall–Kier alpha value is -3.42. The first-order valence-corrected chi connectivity index (χ1v) is 11.4. The van der Waals surface area contributed by atoms with Gasteiger partial charge in [0.15, 0.2) is 6.61 Å². The molecule has 0 aromatic heterocycles. The van der Waals surface area contributed by atoms with Gasteiger partial charge in [0.1, 0.15) is 29.0 Å². The number of amides is 2. The van der Waals surface area contributed by atoms with Gasteiger partial charge in [-0.25, -0.2) is 0 Å². The van der Waals surface area contributed by atoms with Crippen LogP contribution in [0, 0.1) is 5.92 Å². The van der Waals surface area contributed by atoms with E-state index in [-0.39, 0.29) is 25.0 Å². The second-order valence-corrected chi connectivity index (χ2v) is 8.27. The molecular formula is C26H36N2O6. The summed E-state index contributed by atoms with van der Waals surface area (Å²) < 4.78 is 21.6. The van der Waals surface area contributed by atoms with Crippen LogP contribution in [0.1, 0.15) is 32.8 Å². The molecule has 8 heteroatoms. The number of ether oxygens (including phenoxy) is 4. The zero-order valence-corrected chi connectivity index (χ0v) is 20.9. The second-order valence-electron chi connectivity index (χ2n) is 8.27. The lowest BCUT2D eigenvalue weighted by Gasteiger charge is -2.31. The van der Waals surface area contributed by atoms with Crippen LogP contribution in [0.2, 0.25) is 0 Å². The molecule has 1 atom stereocenters. The predicted octanol–water partition coefficient (Wildman–Crippen LogP) is 3.67. The molecule has 0 aliphatic carbocycles. The molecular weight excluding hydrogens is 436 g/mol. The van der Waals surface area contributed by atoms with Crippen LogP contribution in [0.4, 0.5) is 0 Å². The van der Waals surface area contributed by atoms with Crippen LogP contribution >= 0.6 is 0 Å². The van der Waals surface area contributed by atoms with E-state index in [0.29, 0.717) is 41.9 Å². The summed E-state index contributed by atoms with van der Waals surface area (Å²) in [5.74, 6) is 2.02. The van der Waals surface area contributed by atoms with Crippen molar-refractivity contribution < 1.29 is 28.5 Å². The van der Waals surface area contributed by atoms with Crippen molar-refractivity contribution in [1.29, 1.82) is 0 Å². The molecule has 0 saturated carbocycles. The Bertz CT molecular complexity index is 924. The van der Waals surface area contributed by atoms with Crippen LogP contribution in [0.3, 0.4) is 0 Å². The van der Waals surface area contributed by atoms with Gasteiger partial charge >= 0.3 is 0 Å². The van der Waals surface area contributed by atoms with E-state index in [2.05, 4.69) is 5.32 Å². The van der Waals surface area contributed by atoms with Gasteiger partial charge in [-0.1, -0.05) is 32.9 Å². The van der Waals surface area contributed by atoms with E-state index in [4.69, 9.17) is 18.9 Å². The highest BCUT2D eigenvalue weighted by atomic mass is 16.5. The minimum atomic E-state index is -0.638. The average molecular weight is 473 g/mol. The summed E-state index contributed by atoms with van der Waals surface area (Å²) in [5.41, 5.74) is 0.853. The lowest BCUT2D eigenvalue weighted by molar-refractivity contribution is -0.143. The summed E-state index contributed by atoms with van der Waals surface area (Å²) in [6.45, 7) is 6.48. The molecule has 1 unspecified atom stereocenters. The van der Waals surface area contributed by atoms with Gasteiger partial charge in [-0.3, -0.25) is 9.59 Å². The zero-order valence-electron chi connectivity index (χ0n) is 20.9. The standard InChI is InChI=1S/C26H36N2O6/c1-7-24(26(30)27-15-18(2)3)28(16-19-9-8-10-20(11-19)31-4)25(29)17-34-23-13-21(32-5)12-22(14-23)33-6/h8-14,18,24H,7,15-17H2,1-6H3,(H,27,30). The van der Waals surface area contributed by atoms with Gasteiger partial charge in [0.2, 0.25) is 5.91 Å². The Morgan fingerprint density at radius 3 is 2.09 bits per heavy atom. The molecule has 0 aliphatic heterocycles. The highest BCUT2D eigenvalue weighted by Gasteiger charge is 2.29. The first-order valence-electron chi connectivity index (χ1n) is 11.4. The van der Waals surface area contributed by atoms with Crippen LogP contribution in [0.5, 0.6) is 23.0 Å². The van der Waals surface area contributed by atoms with Crippen molar-refractivity contribution in [2.75, 3.05) is 34.5 Å². The van der Waals surface area contributed by atoms with Crippen molar-refractivity contribution in [3.63, 3.8) is 0 Å². The number of rotatable bonds is 13. The maximum Gasteiger partial charge on any atom is 0.261 e. The fourth-order valence-electron chi connectivity index (χ4n) is 3.40. The number of carbonyl (C=O) groups is 2. The molecule has 2 aromatic rings. The van der Waals surface area contributed by atoms with Gasteiger partial charge in [0, 0.05) is 31.3 Å². The van der Waals surface area contributed by atoms with E-state index >= 15 is 0 Å². The molecule has 0 fully saturated rings. The molecule has 2 rings (SSSR count). The SMILES string of the molecule is CCC(C(=O)NCC(C)C)N(Cc1cccc(OC)c1)C(=O)COc1cc(OC)cc(OC)c1. The highest BCUT2D eigenvalue weighted by molar-refractivity contribution is 5.88. The summed E-state index contributed by atoms with van der Waals surface area (Å²) in [6.07, 6.45) is 0.465. The molecule has 0 bridgehead atoms. The Morgan fingerprint density at radius 1 is 0.912 bits per heavy atom. The highest BCUT2D eigenvalue weighted by Crippen LogP contribution is 2.27. The Kier molecular flexibility index (Phi) is 10.5. The van der Waals surface area contributed by atoms with E-state index in [9.17, 15) is 9.59 Å². The van der Waals surface area contributed by atoms with E-state index < -0.39 is 6.04 Å². The van der Waals surface area contributed by atoms with E-state index in [1.165, 1.54) is 0 Å². The smallest absolute Gasteiger partial charge is 0.261 e. The predicted molar refractivity (Wildman–Crippen MR) is 131 cm³/mol. The molecule has 0 radical (unpaired) electrons. The first kappa shape index (κ1) is 26.8. The van der Waals surface area contributed by atoms with Gasteiger partial charge in [-0.15, -0.1) is 0 Å². The molecule has 0 heterocycles. The summed E-state index contributed by atoms with van der Waals surface area (Å²) in [5, 5.41) is 2.95. The second kappa shape index (κ2) is 13.3.